The van der Waals surface area contributed by atoms with Crippen LogP contribution in [-0.2, 0) is 10.0 Å². The highest BCUT2D eigenvalue weighted by molar-refractivity contribution is 7.93. The molecule has 118 valence electrons. The van der Waals surface area contributed by atoms with E-state index in [0.717, 1.165) is 16.5 Å². The fourth-order valence-corrected chi connectivity index (χ4v) is 3.95. The maximum absolute atomic E-state index is 12.8. The summed E-state index contributed by atoms with van der Waals surface area (Å²) in [6, 6.07) is 16.0. The third-order valence-corrected chi connectivity index (χ3v) is 5.48. The van der Waals surface area contributed by atoms with E-state index in [1.165, 1.54) is 0 Å². The van der Waals surface area contributed by atoms with Gasteiger partial charge in [0.05, 0.1) is 10.6 Å². The van der Waals surface area contributed by atoms with Crippen LogP contribution in [0.25, 0.3) is 10.8 Å². The topological polar surface area (TPSA) is 72.2 Å². The largest absolute Gasteiger partial charge is 0.398 e. The van der Waals surface area contributed by atoms with E-state index in [1.807, 2.05) is 32.0 Å². The SMILES string of the molecule is Cc1cccc(NS(=O)(=O)c2cccc3c(N)cccc23)c1C. The Morgan fingerprint density at radius 2 is 1.52 bits per heavy atom. The van der Waals surface area contributed by atoms with Gasteiger partial charge in [0.2, 0.25) is 0 Å². The van der Waals surface area contributed by atoms with Gasteiger partial charge in [0.25, 0.3) is 10.0 Å². The molecule has 0 heterocycles. The molecule has 5 heteroatoms. The van der Waals surface area contributed by atoms with E-state index < -0.39 is 10.0 Å². The number of rotatable bonds is 3. The second kappa shape index (κ2) is 5.59. The lowest BCUT2D eigenvalue weighted by atomic mass is 10.1. The third kappa shape index (κ3) is 2.75. The molecule has 0 aliphatic heterocycles. The highest BCUT2D eigenvalue weighted by Crippen LogP contribution is 2.29. The number of benzene rings is 3. The van der Waals surface area contributed by atoms with Crippen LogP contribution in [0.1, 0.15) is 11.1 Å². The van der Waals surface area contributed by atoms with Crippen molar-refractivity contribution in [2.45, 2.75) is 18.7 Å². The van der Waals surface area contributed by atoms with E-state index in [1.54, 1.807) is 36.4 Å². The highest BCUT2D eigenvalue weighted by atomic mass is 32.2. The van der Waals surface area contributed by atoms with E-state index >= 15 is 0 Å². The first-order valence-corrected chi connectivity index (χ1v) is 8.75. The molecule has 23 heavy (non-hydrogen) atoms. The molecule has 0 fully saturated rings. The van der Waals surface area contributed by atoms with E-state index in [4.69, 9.17) is 5.73 Å². The number of hydrogen-bond acceptors (Lipinski definition) is 3. The Kier molecular flexibility index (Phi) is 3.74. The van der Waals surface area contributed by atoms with Gasteiger partial charge in [0.1, 0.15) is 0 Å². The number of nitrogen functional groups attached to an aromatic ring is 1. The van der Waals surface area contributed by atoms with Crippen LogP contribution in [0.3, 0.4) is 0 Å². The Morgan fingerprint density at radius 1 is 0.870 bits per heavy atom. The molecule has 3 rings (SSSR count). The maximum Gasteiger partial charge on any atom is 0.262 e. The number of hydrogen-bond donors (Lipinski definition) is 2. The molecule has 0 saturated heterocycles. The lowest BCUT2D eigenvalue weighted by Crippen LogP contribution is -2.14. The van der Waals surface area contributed by atoms with Gasteiger partial charge in [-0.3, -0.25) is 4.72 Å². The van der Waals surface area contributed by atoms with Crippen LogP contribution in [-0.4, -0.2) is 8.42 Å². The molecule has 3 aromatic carbocycles. The van der Waals surface area contributed by atoms with Gasteiger partial charge < -0.3 is 5.73 Å². The molecule has 0 atom stereocenters. The van der Waals surface area contributed by atoms with Crippen molar-refractivity contribution < 1.29 is 8.42 Å². The van der Waals surface area contributed by atoms with E-state index in [-0.39, 0.29) is 4.90 Å². The molecule has 3 aromatic rings. The molecule has 3 N–H and O–H groups in total. The first kappa shape index (κ1) is 15.4. The van der Waals surface area contributed by atoms with Crippen LogP contribution in [0.5, 0.6) is 0 Å². The van der Waals surface area contributed by atoms with Crippen molar-refractivity contribution in [1.82, 2.24) is 0 Å². The van der Waals surface area contributed by atoms with Crippen molar-refractivity contribution in [2.24, 2.45) is 0 Å². The minimum Gasteiger partial charge on any atom is -0.398 e. The van der Waals surface area contributed by atoms with E-state index in [0.29, 0.717) is 16.8 Å². The summed E-state index contributed by atoms with van der Waals surface area (Å²) in [6.07, 6.45) is 0. The summed E-state index contributed by atoms with van der Waals surface area (Å²) in [6.45, 7) is 3.85. The number of sulfonamides is 1. The van der Waals surface area contributed by atoms with Gasteiger partial charge >= 0.3 is 0 Å². The summed E-state index contributed by atoms with van der Waals surface area (Å²) in [5, 5.41) is 1.35. The quantitative estimate of drug-likeness (QED) is 0.718. The Bertz CT molecular complexity index is 995. The second-order valence-electron chi connectivity index (χ2n) is 5.55. The number of nitrogens with one attached hydrogen (secondary N) is 1. The van der Waals surface area contributed by atoms with Crippen LogP contribution in [0.4, 0.5) is 11.4 Å². The van der Waals surface area contributed by atoms with Crippen molar-refractivity contribution in [3.05, 3.63) is 65.7 Å². The predicted molar refractivity (Wildman–Crippen MR) is 95.1 cm³/mol. The minimum atomic E-state index is -3.70. The molecule has 0 amide bonds. The average molecular weight is 326 g/mol. The molecule has 0 aliphatic rings. The van der Waals surface area contributed by atoms with Crippen molar-refractivity contribution in [2.75, 3.05) is 10.5 Å². The summed E-state index contributed by atoms with van der Waals surface area (Å²) in [5.74, 6) is 0. The zero-order valence-electron chi connectivity index (χ0n) is 13.0. The number of fused-ring (bicyclic) bond motifs is 1. The number of aryl methyl sites for hydroxylation is 1. The number of nitrogens with two attached hydrogens (primary N) is 1. The van der Waals surface area contributed by atoms with E-state index in [9.17, 15) is 8.42 Å². The van der Waals surface area contributed by atoms with Gasteiger partial charge in [-0.25, -0.2) is 8.42 Å². The maximum atomic E-state index is 12.8. The monoisotopic (exact) mass is 326 g/mol. The van der Waals surface area contributed by atoms with Crippen LogP contribution in [0.15, 0.2) is 59.5 Å². The first-order chi connectivity index (χ1) is 10.9. The minimum absolute atomic E-state index is 0.225. The van der Waals surface area contributed by atoms with Gasteiger partial charge in [-0.05, 0) is 43.2 Å². The van der Waals surface area contributed by atoms with Gasteiger partial charge in [-0.2, -0.15) is 0 Å². The lowest BCUT2D eigenvalue weighted by Gasteiger charge is -2.14. The normalized spacial score (nSPS) is 11.6. The molecule has 0 spiro atoms. The van der Waals surface area contributed by atoms with E-state index in [2.05, 4.69) is 4.72 Å². The summed E-state index contributed by atoms with van der Waals surface area (Å²) in [7, 11) is -3.70. The van der Waals surface area contributed by atoms with Gasteiger partial charge in [-0.1, -0.05) is 36.4 Å². The summed E-state index contributed by atoms with van der Waals surface area (Å²) >= 11 is 0. The molecular weight excluding hydrogens is 308 g/mol. The molecule has 0 bridgehead atoms. The summed E-state index contributed by atoms with van der Waals surface area (Å²) in [4.78, 5) is 0.225. The summed E-state index contributed by atoms with van der Waals surface area (Å²) < 4.78 is 28.4. The third-order valence-electron chi connectivity index (χ3n) is 4.05. The van der Waals surface area contributed by atoms with Gasteiger partial charge in [0.15, 0.2) is 0 Å². The van der Waals surface area contributed by atoms with Crippen LogP contribution >= 0.6 is 0 Å². The van der Waals surface area contributed by atoms with Gasteiger partial charge in [0, 0.05) is 16.5 Å². The Balaban J connectivity index is 2.14. The van der Waals surface area contributed by atoms with Crippen LogP contribution in [0.2, 0.25) is 0 Å². The highest BCUT2D eigenvalue weighted by Gasteiger charge is 2.19. The zero-order valence-corrected chi connectivity index (χ0v) is 13.8. The van der Waals surface area contributed by atoms with Crippen molar-refractivity contribution in [1.29, 1.82) is 0 Å². The Labute approximate surface area is 136 Å². The predicted octanol–water partition coefficient (Wildman–Crippen LogP) is 3.84. The molecule has 0 radical (unpaired) electrons. The van der Waals surface area contributed by atoms with Crippen molar-refractivity contribution >= 4 is 32.2 Å². The average Bonchev–Trinajstić information content (AvgIpc) is 2.51. The summed E-state index contributed by atoms with van der Waals surface area (Å²) in [5.41, 5.74) is 9.05. The molecular formula is C18H18N2O2S. The second-order valence-corrected chi connectivity index (χ2v) is 7.20. The fourth-order valence-electron chi connectivity index (χ4n) is 2.60. The smallest absolute Gasteiger partial charge is 0.262 e. The molecule has 0 saturated carbocycles. The van der Waals surface area contributed by atoms with Gasteiger partial charge in [-0.15, -0.1) is 0 Å². The molecule has 0 aliphatic carbocycles. The lowest BCUT2D eigenvalue weighted by molar-refractivity contribution is 0.602. The van der Waals surface area contributed by atoms with Crippen molar-refractivity contribution in [3.8, 4) is 0 Å². The van der Waals surface area contributed by atoms with Crippen molar-refractivity contribution in [3.63, 3.8) is 0 Å². The first-order valence-electron chi connectivity index (χ1n) is 7.26. The Morgan fingerprint density at radius 3 is 2.30 bits per heavy atom. The Hall–Kier alpha value is -2.53. The van der Waals surface area contributed by atoms with Crippen LogP contribution in [0, 0.1) is 13.8 Å². The molecule has 0 aromatic heterocycles. The zero-order chi connectivity index (χ0) is 16.6. The standard InChI is InChI=1S/C18H18N2O2S/c1-12-6-3-10-17(13(12)2)20-23(21,22)18-11-5-7-14-15(18)8-4-9-16(14)19/h3-11,20H,19H2,1-2H3. The fraction of sp³-hybridized carbons (Fsp3) is 0.111. The molecule has 4 nitrogen and oxygen atoms in total. The van der Waals surface area contributed by atoms with Crippen LogP contribution < -0.4 is 10.5 Å². The number of anilines is 2. The molecule has 0 unspecified atom stereocenters.